The third-order valence-corrected chi connectivity index (χ3v) is 5.71. The van der Waals surface area contributed by atoms with Crippen LogP contribution in [0, 0.1) is 16.7 Å². The van der Waals surface area contributed by atoms with Crippen molar-refractivity contribution in [1.29, 1.82) is 0 Å². The molecule has 0 aromatic heterocycles. The van der Waals surface area contributed by atoms with E-state index >= 15 is 0 Å². The van der Waals surface area contributed by atoms with Gasteiger partial charge in [-0.25, -0.2) is 0 Å². The molecule has 0 radical (unpaired) electrons. The number of nitrogens with one attached hydrogen (secondary N) is 1. The molecule has 2 heteroatoms. The summed E-state index contributed by atoms with van der Waals surface area (Å²) in [6, 6.07) is 0. The summed E-state index contributed by atoms with van der Waals surface area (Å²) in [4.78, 5) is 0. The lowest BCUT2D eigenvalue weighted by Crippen LogP contribution is -2.64. The average Bonchev–Trinajstić information content (AvgIpc) is 2.19. The van der Waals surface area contributed by atoms with Gasteiger partial charge in [-0.3, -0.25) is 0 Å². The Hall–Kier alpha value is -0.0800. The van der Waals surface area contributed by atoms with Crippen molar-refractivity contribution in [3.05, 3.63) is 0 Å². The molecule has 4 rings (SSSR count). The van der Waals surface area contributed by atoms with Gasteiger partial charge in [0, 0.05) is 12.1 Å². The Kier molecular flexibility index (Phi) is 3.02. The van der Waals surface area contributed by atoms with Gasteiger partial charge in [0.25, 0.3) is 0 Å². The van der Waals surface area contributed by atoms with Crippen LogP contribution in [-0.4, -0.2) is 23.8 Å². The van der Waals surface area contributed by atoms with E-state index in [0.29, 0.717) is 23.0 Å². The Morgan fingerprint density at radius 2 is 1.67 bits per heavy atom. The normalized spacial score (nSPS) is 49.8. The summed E-state index contributed by atoms with van der Waals surface area (Å²) in [5, 5.41) is 12.8. The fourth-order valence-electron chi connectivity index (χ4n) is 6.24. The van der Waals surface area contributed by atoms with Crippen molar-refractivity contribution in [2.75, 3.05) is 13.2 Å². The molecular formula is C16H29NO. The Bertz CT molecular complexity index is 309. The zero-order chi connectivity index (χ0) is 12.9. The van der Waals surface area contributed by atoms with E-state index in [1.807, 2.05) is 0 Å². The minimum absolute atomic E-state index is 0.340. The van der Waals surface area contributed by atoms with E-state index < -0.39 is 0 Å². The predicted octanol–water partition coefficient (Wildman–Crippen LogP) is 3.10. The van der Waals surface area contributed by atoms with Gasteiger partial charge < -0.3 is 10.4 Å². The van der Waals surface area contributed by atoms with Gasteiger partial charge in [0.1, 0.15) is 0 Å². The summed E-state index contributed by atoms with van der Waals surface area (Å²) in [7, 11) is 0. The number of hydrogen-bond donors (Lipinski definition) is 2. The first-order valence-corrected chi connectivity index (χ1v) is 7.83. The molecule has 4 bridgehead atoms. The quantitative estimate of drug-likeness (QED) is 0.736. The molecule has 0 aromatic rings. The number of hydrogen-bond acceptors (Lipinski definition) is 2. The number of aliphatic hydroxyl groups excluding tert-OH is 1. The van der Waals surface area contributed by atoms with Crippen LogP contribution in [0.5, 0.6) is 0 Å². The molecule has 4 aliphatic rings. The van der Waals surface area contributed by atoms with Crippen LogP contribution in [-0.2, 0) is 0 Å². The van der Waals surface area contributed by atoms with Crippen LogP contribution in [0.15, 0.2) is 0 Å². The Labute approximate surface area is 112 Å². The Morgan fingerprint density at radius 1 is 1.00 bits per heavy atom. The first-order chi connectivity index (χ1) is 8.47. The molecule has 2 N–H and O–H groups in total. The summed E-state index contributed by atoms with van der Waals surface area (Å²) >= 11 is 0. The van der Waals surface area contributed by atoms with Crippen molar-refractivity contribution >= 4 is 0 Å². The molecule has 0 amide bonds. The van der Waals surface area contributed by atoms with Crippen LogP contribution < -0.4 is 5.32 Å². The predicted molar refractivity (Wildman–Crippen MR) is 74.5 cm³/mol. The molecule has 0 spiro atoms. The van der Waals surface area contributed by atoms with E-state index in [4.69, 9.17) is 5.11 Å². The summed E-state index contributed by atoms with van der Waals surface area (Å²) in [6.07, 6.45) is 10.7. The highest BCUT2D eigenvalue weighted by molar-refractivity contribution is 5.14. The van der Waals surface area contributed by atoms with E-state index in [2.05, 4.69) is 19.2 Å². The van der Waals surface area contributed by atoms with Gasteiger partial charge in [-0.2, -0.15) is 0 Å². The maximum absolute atomic E-state index is 8.88. The third kappa shape index (κ3) is 2.22. The lowest BCUT2D eigenvalue weighted by Gasteiger charge is -2.65. The van der Waals surface area contributed by atoms with Crippen molar-refractivity contribution in [3.8, 4) is 0 Å². The molecular weight excluding hydrogens is 222 g/mol. The Morgan fingerprint density at radius 3 is 2.22 bits per heavy atom. The molecule has 0 aliphatic heterocycles. The minimum atomic E-state index is 0.340. The van der Waals surface area contributed by atoms with Crippen molar-refractivity contribution in [2.45, 2.75) is 70.8 Å². The molecule has 0 heterocycles. The fraction of sp³-hybridized carbons (Fsp3) is 1.00. The molecule has 0 aromatic carbocycles. The van der Waals surface area contributed by atoms with Gasteiger partial charge in [-0.1, -0.05) is 13.8 Å². The van der Waals surface area contributed by atoms with Crippen LogP contribution >= 0.6 is 0 Å². The molecule has 2 nitrogen and oxygen atoms in total. The third-order valence-electron chi connectivity index (χ3n) is 5.71. The van der Waals surface area contributed by atoms with Gasteiger partial charge in [0.05, 0.1) is 0 Å². The summed E-state index contributed by atoms with van der Waals surface area (Å²) < 4.78 is 0. The summed E-state index contributed by atoms with van der Waals surface area (Å²) in [5.74, 6) is 0.974. The maximum atomic E-state index is 8.88. The zero-order valence-corrected chi connectivity index (χ0v) is 12.1. The second-order valence-electron chi connectivity index (χ2n) is 8.27. The van der Waals surface area contributed by atoms with E-state index in [0.717, 1.165) is 25.3 Å². The fourth-order valence-corrected chi connectivity index (χ4v) is 6.24. The molecule has 18 heavy (non-hydrogen) atoms. The second-order valence-corrected chi connectivity index (χ2v) is 8.27. The van der Waals surface area contributed by atoms with Crippen molar-refractivity contribution in [2.24, 2.45) is 16.7 Å². The van der Waals surface area contributed by atoms with Crippen LogP contribution in [0.4, 0.5) is 0 Å². The SMILES string of the molecule is CC12CC3CC(C)(C1)CC(NCCCCO)(C3)C2. The van der Waals surface area contributed by atoms with Gasteiger partial charge in [-0.15, -0.1) is 0 Å². The average molecular weight is 251 g/mol. The minimum Gasteiger partial charge on any atom is -0.396 e. The first kappa shape index (κ1) is 12.9. The van der Waals surface area contributed by atoms with E-state index in [1.54, 1.807) is 0 Å². The zero-order valence-electron chi connectivity index (χ0n) is 12.1. The maximum Gasteiger partial charge on any atom is 0.0431 e. The van der Waals surface area contributed by atoms with Crippen molar-refractivity contribution in [1.82, 2.24) is 5.32 Å². The largest absolute Gasteiger partial charge is 0.396 e. The molecule has 4 saturated carbocycles. The monoisotopic (exact) mass is 251 g/mol. The molecule has 4 aliphatic carbocycles. The number of aliphatic hydroxyl groups is 1. The van der Waals surface area contributed by atoms with Gasteiger partial charge in [-0.05, 0) is 74.7 Å². The number of rotatable bonds is 5. The molecule has 2 atom stereocenters. The van der Waals surface area contributed by atoms with E-state index in [-0.39, 0.29) is 0 Å². The highest BCUT2D eigenvalue weighted by Crippen LogP contribution is 2.66. The van der Waals surface area contributed by atoms with Crippen LogP contribution in [0.25, 0.3) is 0 Å². The van der Waals surface area contributed by atoms with Gasteiger partial charge >= 0.3 is 0 Å². The highest BCUT2D eigenvalue weighted by Gasteiger charge is 2.59. The lowest BCUT2D eigenvalue weighted by molar-refractivity contribution is -0.117. The second kappa shape index (κ2) is 4.21. The van der Waals surface area contributed by atoms with Crippen molar-refractivity contribution in [3.63, 3.8) is 0 Å². The van der Waals surface area contributed by atoms with Gasteiger partial charge in [0.15, 0.2) is 0 Å². The summed E-state index contributed by atoms with van der Waals surface area (Å²) in [5.41, 5.74) is 1.66. The van der Waals surface area contributed by atoms with Crippen LogP contribution in [0.2, 0.25) is 0 Å². The highest BCUT2D eigenvalue weighted by atomic mass is 16.2. The van der Waals surface area contributed by atoms with E-state index in [1.165, 1.54) is 38.5 Å². The molecule has 4 fully saturated rings. The lowest BCUT2D eigenvalue weighted by atomic mass is 9.43. The van der Waals surface area contributed by atoms with Crippen LogP contribution in [0.3, 0.4) is 0 Å². The summed E-state index contributed by atoms with van der Waals surface area (Å²) in [6.45, 7) is 6.49. The van der Waals surface area contributed by atoms with Crippen molar-refractivity contribution < 1.29 is 5.11 Å². The Balaban J connectivity index is 1.69. The standard InChI is InChI=1S/C16H29NO/c1-14-7-13-8-15(2,10-14)12-16(9-13,11-14)17-5-3-4-6-18/h13,17-18H,3-12H2,1-2H3. The molecule has 104 valence electrons. The smallest absolute Gasteiger partial charge is 0.0431 e. The topological polar surface area (TPSA) is 32.3 Å². The van der Waals surface area contributed by atoms with Crippen LogP contribution in [0.1, 0.15) is 65.2 Å². The van der Waals surface area contributed by atoms with Gasteiger partial charge in [0.2, 0.25) is 0 Å². The number of unbranched alkanes of at least 4 members (excludes halogenated alkanes) is 1. The first-order valence-electron chi connectivity index (χ1n) is 7.83. The van der Waals surface area contributed by atoms with E-state index in [9.17, 15) is 0 Å². The molecule has 2 unspecified atom stereocenters. The molecule has 0 saturated heterocycles.